The minimum Gasteiger partial charge on any atom is -0.463 e. The van der Waals surface area contributed by atoms with Gasteiger partial charge in [0.1, 0.15) is 5.82 Å². The van der Waals surface area contributed by atoms with E-state index in [4.69, 9.17) is 9.72 Å². The van der Waals surface area contributed by atoms with E-state index in [-0.39, 0.29) is 5.97 Å². The Bertz CT molecular complexity index is 1400. The third-order valence-corrected chi connectivity index (χ3v) is 5.81. The Morgan fingerprint density at radius 3 is 2.29 bits per heavy atom. The third-order valence-electron chi connectivity index (χ3n) is 5.81. The van der Waals surface area contributed by atoms with Crippen molar-refractivity contribution in [3.8, 4) is 11.1 Å². The van der Waals surface area contributed by atoms with E-state index in [0.29, 0.717) is 36.3 Å². The molecule has 0 unspecified atom stereocenters. The van der Waals surface area contributed by atoms with Crippen molar-refractivity contribution >= 4 is 28.8 Å². The standard InChI is InChI=1S/C28H26N2O5/c1-4-24-29-23-12-8-11-22(27(32)35-5-2)25(23)30(24)17-18-13-15-19(16-14-18)20-9-6-7-10-21(20)26(31)28(33)34-3/h6-16H,4-5,17H2,1-3H3. The van der Waals surface area contributed by atoms with Gasteiger partial charge in [0.15, 0.2) is 0 Å². The van der Waals surface area contributed by atoms with Crippen molar-refractivity contribution in [1.29, 1.82) is 0 Å². The first-order chi connectivity index (χ1) is 17.0. The van der Waals surface area contributed by atoms with E-state index < -0.39 is 11.8 Å². The highest BCUT2D eigenvalue weighted by Gasteiger charge is 2.21. The Balaban J connectivity index is 1.70. The van der Waals surface area contributed by atoms with Crippen LogP contribution in [0.25, 0.3) is 22.2 Å². The Kier molecular flexibility index (Phi) is 7.06. The lowest BCUT2D eigenvalue weighted by Crippen LogP contribution is -2.16. The van der Waals surface area contributed by atoms with E-state index in [2.05, 4.69) is 4.74 Å². The van der Waals surface area contributed by atoms with Gasteiger partial charge in [-0.05, 0) is 35.7 Å². The number of esters is 2. The molecule has 7 nitrogen and oxygen atoms in total. The van der Waals surface area contributed by atoms with Gasteiger partial charge in [0.05, 0.1) is 30.3 Å². The van der Waals surface area contributed by atoms with Gasteiger partial charge >= 0.3 is 11.9 Å². The van der Waals surface area contributed by atoms with Gasteiger partial charge in [0.25, 0.3) is 5.78 Å². The average Bonchev–Trinajstić information content (AvgIpc) is 3.25. The number of imidazole rings is 1. The van der Waals surface area contributed by atoms with Gasteiger partial charge in [0.2, 0.25) is 0 Å². The molecule has 0 aliphatic rings. The van der Waals surface area contributed by atoms with Crippen molar-refractivity contribution in [3.63, 3.8) is 0 Å². The van der Waals surface area contributed by atoms with Gasteiger partial charge in [-0.1, -0.05) is 61.5 Å². The fraction of sp³-hybridized carbons (Fsp3) is 0.214. The Labute approximate surface area is 203 Å². The first kappa shape index (κ1) is 23.9. The number of Topliss-reactive ketones (excluding diaryl/α,β-unsaturated/α-hetero) is 1. The first-order valence-corrected chi connectivity index (χ1v) is 11.4. The molecule has 0 amide bonds. The smallest absolute Gasteiger partial charge is 0.379 e. The molecule has 0 N–H and O–H groups in total. The molecule has 0 radical (unpaired) electrons. The summed E-state index contributed by atoms with van der Waals surface area (Å²) < 4.78 is 11.9. The molecule has 178 valence electrons. The van der Waals surface area contributed by atoms with E-state index in [1.807, 2.05) is 54.0 Å². The maximum Gasteiger partial charge on any atom is 0.379 e. The van der Waals surface area contributed by atoms with Crippen molar-refractivity contribution in [2.45, 2.75) is 26.8 Å². The van der Waals surface area contributed by atoms with E-state index >= 15 is 0 Å². The number of benzene rings is 3. The molecule has 0 saturated carbocycles. The fourth-order valence-electron chi connectivity index (χ4n) is 4.16. The summed E-state index contributed by atoms with van der Waals surface area (Å²) in [5.74, 6) is -1.08. The number of ketones is 1. The molecule has 7 heteroatoms. The molecule has 0 atom stereocenters. The number of hydrogen-bond donors (Lipinski definition) is 0. The summed E-state index contributed by atoms with van der Waals surface area (Å²) in [4.78, 5) is 41.6. The Morgan fingerprint density at radius 1 is 0.886 bits per heavy atom. The molecular formula is C28H26N2O5. The van der Waals surface area contributed by atoms with Gasteiger partial charge in [-0.15, -0.1) is 0 Å². The zero-order valence-electron chi connectivity index (χ0n) is 19.9. The van der Waals surface area contributed by atoms with Crippen molar-refractivity contribution in [2.75, 3.05) is 13.7 Å². The summed E-state index contributed by atoms with van der Waals surface area (Å²) in [7, 11) is 1.19. The predicted octanol–water partition coefficient (Wildman–Crippen LogP) is 4.85. The molecule has 1 heterocycles. The van der Waals surface area contributed by atoms with Crippen LogP contribution in [0.15, 0.2) is 66.7 Å². The zero-order valence-corrected chi connectivity index (χ0v) is 19.9. The number of para-hydroxylation sites is 1. The van der Waals surface area contributed by atoms with Crippen molar-refractivity contribution in [1.82, 2.24) is 9.55 Å². The number of aromatic nitrogens is 2. The van der Waals surface area contributed by atoms with Crippen LogP contribution >= 0.6 is 0 Å². The quantitative estimate of drug-likeness (QED) is 0.208. The van der Waals surface area contributed by atoms with Crippen LogP contribution < -0.4 is 0 Å². The second kappa shape index (κ2) is 10.3. The first-order valence-electron chi connectivity index (χ1n) is 11.4. The predicted molar refractivity (Wildman–Crippen MR) is 132 cm³/mol. The zero-order chi connectivity index (χ0) is 24.9. The van der Waals surface area contributed by atoms with Crippen LogP contribution in [0.3, 0.4) is 0 Å². The van der Waals surface area contributed by atoms with Gasteiger partial charge in [-0.2, -0.15) is 0 Å². The average molecular weight is 471 g/mol. The Morgan fingerprint density at radius 2 is 1.60 bits per heavy atom. The van der Waals surface area contributed by atoms with Crippen LogP contribution in [0.1, 0.15) is 46.0 Å². The van der Waals surface area contributed by atoms with Gasteiger partial charge in [-0.3, -0.25) is 4.79 Å². The second-order valence-electron chi connectivity index (χ2n) is 7.92. The van der Waals surface area contributed by atoms with Gasteiger partial charge in [0, 0.05) is 18.5 Å². The molecule has 4 rings (SSSR count). The lowest BCUT2D eigenvalue weighted by Gasteiger charge is -2.12. The minimum atomic E-state index is -0.898. The van der Waals surface area contributed by atoms with Gasteiger partial charge < -0.3 is 14.0 Å². The monoisotopic (exact) mass is 470 g/mol. The molecule has 0 aliphatic heterocycles. The number of carbonyl (C=O) groups excluding carboxylic acids is 3. The van der Waals surface area contributed by atoms with E-state index in [1.54, 1.807) is 31.2 Å². The maximum absolute atomic E-state index is 12.6. The van der Waals surface area contributed by atoms with Crippen molar-refractivity contribution < 1.29 is 23.9 Å². The lowest BCUT2D eigenvalue weighted by atomic mass is 9.96. The summed E-state index contributed by atoms with van der Waals surface area (Å²) in [6.07, 6.45) is 0.706. The lowest BCUT2D eigenvalue weighted by molar-refractivity contribution is -0.135. The molecule has 1 aromatic heterocycles. The highest BCUT2D eigenvalue weighted by molar-refractivity contribution is 6.41. The number of aryl methyl sites for hydroxylation is 1. The molecule has 4 aromatic rings. The normalized spacial score (nSPS) is 10.8. The number of fused-ring (bicyclic) bond motifs is 1. The molecular weight excluding hydrogens is 444 g/mol. The molecule has 0 saturated heterocycles. The van der Waals surface area contributed by atoms with Crippen LogP contribution in [0, 0.1) is 0 Å². The van der Waals surface area contributed by atoms with Crippen LogP contribution in [-0.4, -0.2) is 41.0 Å². The van der Waals surface area contributed by atoms with Crippen LogP contribution in [0.2, 0.25) is 0 Å². The van der Waals surface area contributed by atoms with E-state index in [0.717, 1.165) is 28.0 Å². The summed E-state index contributed by atoms with van der Waals surface area (Å²) >= 11 is 0. The minimum absolute atomic E-state index is 0.292. The summed E-state index contributed by atoms with van der Waals surface area (Å²) in [6.45, 7) is 4.62. The van der Waals surface area contributed by atoms with Crippen LogP contribution in [0.5, 0.6) is 0 Å². The van der Waals surface area contributed by atoms with E-state index in [9.17, 15) is 14.4 Å². The summed E-state index contributed by atoms with van der Waals surface area (Å²) in [6, 6.07) is 20.2. The molecule has 0 aliphatic carbocycles. The molecule has 0 spiro atoms. The largest absolute Gasteiger partial charge is 0.463 e. The number of carbonyl (C=O) groups is 3. The second-order valence-corrected chi connectivity index (χ2v) is 7.92. The maximum atomic E-state index is 12.6. The highest BCUT2D eigenvalue weighted by atomic mass is 16.5. The summed E-state index contributed by atoms with van der Waals surface area (Å²) in [5.41, 5.74) is 4.74. The highest BCUT2D eigenvalue weighted by Crippen LogP contribution is 2.27. The third kappa shape index (κ3) is 4.71. The number of methoxy groups -OCH3 is 1. The van der Waals surface area contributed by atoms with Crippen molar-refractivity contribution in [3.05, 3.63) is 89.2 Å². The number of rotatable bonds is 8. The Hall–Kier alpha value is -4.26. The SMILES string of the molecule is CCOC(=O)c1cccc2nc(CC)n(Cc3ccc(-c4ccccc4C(=O)C(=O)OC)cc3)c12. The molecule has 35 heavy (non-hydrogen) atoms. The molecule has 3 aromatic carbocycles. The van der Waals surface area contributed by atoms with Gasteiger partial charge in [-0.25, -0.2) is 14.6 Å². The van der Waals surface area contributed by atoms with E-state index in [1.165, 1.54) is 7.11 Å². The number of hydrogen-bond acceptors (Lipinski definition) is 6. The van der Waals surface area contributed by atoms with Crippen molar-refractivity contribution in [2.24, 2.45) is 0 Å². The number of nitrogens with zero attached hydrogens (tertiary/aromatic N) is 2. The van der Waals surface area contributed by atoms with Crippen LogP contribution in [-0.2, 0) is 27.2 Å². The summed E-state index contributed by atoms with van der Waals surface area (Å²) in [5, 5.41) is 0. The molecule has 0 fully saturated rings. The van der Waals surface area contributed by atoms with Crippen LogP contribution in [0.4, 0.5) is 0 Å². The number of ether oxygens (including phenoxy) is 2. The topological polar surface area (TPSA) is 87.5 Å². The fourth-order valence-corrected chi connectivity index (χ4v) is 4.16. The molecule has 0 bridgehead atoms.